The molecule has 0 aromatic rings. The molecule has 2 nitrogen and oxygen atoms in total. The van der Waals surface area contributed by atoms with Crippen LogP contribution < -0.4 is 5.32 Å². The fraction of sp³-hybridized carbons (Fsp3) is 1.00. The van der Waals surface area contributed by atoms with Gasteiger partial charge in [-0.3, -0.25) is 0 Å². The van der Waals surface area contributed by atoms with Crippen molar-refractivity contribution in [2.75, 3.05) is 14.2 Å². The Kier molecular flexibility index (Phi) is 7.20. The van der Waals surface area contributed by atoms with Crippen molar-refractivity contribution in [3.63, 3.8) is 0 Å². The monoisotopic (exact) mass is 215 g/mol. The molecule has 2 unspecified atom stereocenters. The minimum Gasteiger partial charge on any atom is -0.377 e. The fourth-order valence-electron chi connectivity index (χ4n) is 2.34. The molecule has 0 aliphatic carbocycles. The number of ether oxygens (including phenoxy) is 1. The van der Waals surface area contributed by atoms with E-state index in [0.717, 1.165) is 18.8 Å². The summed E-state index contributed by atoms with van der Waals surface area (Å²) in [4.78, 5) is 0. The van der Waals surface area contributed by atoms with E-state index in [1.54, 1.807) is 0 Å². The number of methoxy groups -OCH3 is 1. The van der Waals surface area contributed by atoms with Crippen LogP contribution >= 0.6 is 0 Å². The number of hydrogen-bond acceptors (Lipinski definition) is 2. The summed E-state index contributed by atoms with van der Waals surface area (Å²) in [6, 6.07) is 0.465. The van der Waals surface area contributed by atoms with E-state index in [0.29, 0.717) is 6.04 Å². The van der Waals surface area contributed by atoms with Crippen molar-refractivity contribution in [2.24, 2.45) is 5.92 Å². The van der Waals surface area contributed by atoms with Gasteiger partial charge in [0, 0.05) is 13.2 Å². The summed E-state index contributed by atoms with van der Waals surface area (Å²) in [6.07, 6.45) is 4.58. The Morgan fingerprint density at radius 1 is 1.20 bits per heavy atom. The molecular weight excluding hydrogens is 186 g/mol. The Morgan fingerprint density at radius 2 is 1.73 bits per heavy atom. The van der Waals surface area contributed by atoms with Crippen LogP contribution in [0.1, 0.15) is 53.4 Å². The number of hydrogen-bond donors (Lipinski definition) is 1. The number of likely N-dealkylation sites (N-methyl/N-ethyl adjacent to an activating group) is 1. The second kappa shape index (κ2) is 7.24. The molecule has 0 radical (unpaired) electrons. The van der Waals surface area contributed by atoms with E-state index in [1.807, 2.05) is 14.2 Å². The zero-order valence-electron chi connectivity index (χ0n) is 11.4. The van der Waals surface area contributed by atoms with Crippen LogP contribution in [0.5, 0.6) is 0 Å². The first-order chi connectivity index (χ1) is 7.10. The van der Waals surface area contributed by atoms with E-state index < -0.39 is 0 Å². The molecule has 0 spiro atoms. The molecule has 0 aromatic carbocycles. The van der Waals surface area contributed by atoms with E-state index in [1.165, 1.54) is 12.8 Å². The molecule has 92 valence electrons. The predicted molar refractivity (Wildman–Crippen MR) is 67.2 cm³/mol. The second-order valence-corrected chi connectivity index (χ2v) is 4.57. The highest BCUT2D eigenvalue weighted by Crippen LogP contribution is 2.28. The van der Waals surface area contributed by atoms with Gasteiger partial charge in [0.2, 0.25) is 0 Å². The Hall–Kier alpha value is -0.0800. The molecule has 0 rings (SSSR count). The third kappa shape index (κ3) is 3.76. The first kappa shape index (κ1) is 14.9. The molecular formula is C13H29NO. The predicted octanol–water partition coefficient (Wildman–Crippen LogP) is 3.22. The van der Waals surface area contributed by atoms with Gasteiger partial charge in [0.15, 0.2) is 0 Å². The Balaban J connectivity index is 4.58. The van der Waals surface area contributed by atoms with Crippen molar-refractivity contribution in [3.05, 3.63) is 0 Å². The summed E-state index contributed by atoms with van der Waals surface area (Å²) in [7, 11) is 3.89. The van der Waals surface area contributed by atoms with Crippen molar-refractivity contribution in [2.45, 2.75) is 65.0 Å². The largest absolute Gasteiger partial charge is 0.377 e. The van der Waals surface area contributed by atoms with Gasteiger partial charge in [0.25, 0.3) is 0 Å². The minimum atomic E-state index is 0.0121. The van der Waals surface area contributed by atoms with Gasteiger partial charge in [0.1, 0.15) is 0 Å². The van der Waals surface area contributed by atoms with Crippen molar-refractivity contribution >= 4 is 0 Å². The third-order valence-electron chi connectivity index (χ3n) is 3.92. The van der Waals surface area contributed by atoms with Gasteiger partial charge in [-0.2, -0.15) is 0 Å². The molecule has 0 aliphatic heterocycles. The molecule has 0 aliphatic rings. The molecule has 1 N–H and O–H groups in total. The van der Waals surface area contributed by atoms with Crippen molar-refractivity contribution in [1.82, 2.24) is 5.32 Å². The number of rotatable bonds is 8. The summed E-state index contributed by atoms with van der Waals surface area (Å²) in [5.74, 6) is 0.759. The van der Waals surface area contributed by atoms with Crippen LogP contribution in [-0.2, 0) is 4.74 Å². The SMILES string of the molecule is CCC(C)CC(NC)C(CC)(CC)OC. The lowest BCUT2D eigenvalue weighted by atomic mass is 9.82. The molecule has 0 amide bonds. The summed E-state index contributed by atoms with van der Waals surface area (Å²) in [5.41, 5.74) is 0.0121. The van der Waals surface area contributed by atoms with Crippen LogP contribution in [0.3, 0.4) is 0 Å². The quantitative estimate of drug-likeness (QED) is 0.671. The van der Waals surface area contributed by atoms with E-state index in [2.05, 4.69) is 33.0 Å². The van der Waals surface area contributed by atoms with Gasteiger partial charge in [-0.25, -0.2) is 0 Å². The van der Waals surface area contributed by atoms with Gasteiger partial charge in [0.05, 0.1) is 5.60 Å². The minimum absolute atomic E-state index is 0.0121. The topological polar surface area (TPSA) is 21.3 Å². The molecule has 15 heavy (non-hydrogen) atoms. The van der Waals surface area contributed by atoms with Crippen LogP contribution in [0.2, 0.25) is 0 Å². The van der Waals surface area contributed by atoms with Crippen LogP contribution in [0, 0.1) is 5.92 Å². The standard InChI is InChI=1S/C13H29NO/c1-7-11(4)10-12(14-5)13(8-2,9-3)15-6/h11-12,14H,7-10H2,1-6H3. The molecule has 0 fully saturated rings. The van der Waals surface area contributed by atoms with Gasteiger partial charge in [-0.1, -0.05) is 34.1 Å². The van der Waals surface area contributed by atoms with Crippen LogP contribution in [0.4, 0.5) is 0 Å². The summed E-state index contributed by atoms with van der Waals surface area (Å²) in [6.45, 7) is 9.00. The molecule has 0 saturated carbocycles. The third-order valence-corrected chi connectivity index (χ3v) is 3.92. The lowest BCUT2D eigenvalue weighted by molar-refractivity contribution is -0.0508. The maximum absolute atomic E-state index is 5.77. The van der Waals surface area contributed by atoms with Gasteiger partial charge in [-0.05, 0) is 32.2 Å². The summed E-state index contributed by atoms with van der Waals surface area (Å²) < 4.78 is 5.77. The smallest absolute Gasteiger partial charge is 0.0825 e. The zero-order chi connectivity index (χ0) is 11.9. The van der Waals surface area contributed by atoms with E-state index in [-0.39, 0.29) is 5.60 Å². The van der Waals surface area contributed by atoms with Crippen molar-refractivity contribution in [3.8, 4) is 0 Å². The van der Waals surface area contributed by atoms with Crippen LogP contribution in [0.25, 0.3) is 0 Å². The van der Waals surface area contributed by atoms with Crippen molar-refractivity contribution < 1.29 is 4.74 Å². The van der Waals surface area contributed by atoms with Gasteiger partial charge >= 0.3 is 0 Å². The molecule has 0 heterocycles. The average Bonchev–Trinajstić information content (AvgIpc) is 2.29. The summed E-state index contributed by atoms with van der Waals surface area (Å²) >= 11 is 0. The maximum Gasteiger partial charge on any atom is 0.0825 e. The molecule has 0 aromatic heterocycles. The molecule has 2 heteroatoms. The lowest BCUT2D eigenvalue weighted by Crippen LogP contribution is -2.51. The molecule has 0 bridgehead atoms. The lowest BCUT2D eigenvalue weighted by Gasteiger charge is -2.39. The van der Waals surface area contributed by atoms with Crippen LogP contribution in [0.15, 0.2) is 0 Å². The average molecular weight is 215 g/mol. The highest BCUT2D eigenvalue weighted by atomic mass is 16.5. The van der Waals surface area contributed by atoms with Crippen molar-refractivity contribution in [1.29, 1.82) is 0 Å². The second-order valence-electron chi connectivity index (χ2n) is 4.57. The highest BCUT2D eigenvalue weighted by Gasteiger charge is 2.35. The highest BCUT2D eigenvalue weighted by molar-refractivity contribution is 4.91. The first-order valence-electron chi connectivity index (χ1n) is 6.32. The number of nitrogens with one attached hydrogen (secondary N) is 1. The normalized spacial score (nSPS) is 16.4. The molecule has 0 saturated heterocycles. The van der Waals surface area contributed by atoms with E-state index in [4.69, 9.17) is 4.74 Å². The van der Waals surface area contributed by atoms with E-state index >= 15 is 0 Å². The fourth-order valence-corrected chi connectivity index (χ4v) is 2.34. The van der Waals surface area contributed by atoms with Gasteiger partial charge in [-0.15, -0.1) is 0 Å². The summed E-state index contributed by atoms with van der Waals surface area (Å²) in [5, 5.41) is 3.44. The molecule has 2 atom stereocenters. The Morgan fingerprint density at radius 3 is 2.00 bits per heavy atom. The zero-order valence-corrected chi connectivity index (χ0v) is 11.4. The Bertz CT molecular complexity index is 146. The van der Waals surface area contributed by atoms with Gasteiger partial charge < -0.3 is 10.1 Å². The Labute approximate surface area is 95.8 Å². The van der Waals surface area contributed by atoms with E-state index in [9.17, 15) is 0 Å². The first-order valence-corrected chi connectivity index (χ1v) is 6.32. The van der Waals surface area contributed by atoms with Crippen LogP contribution in [-0.4, -0.2) is 25.8 Å². The maximum atomic E-state index is 5.77.